The third-order valence-electron chi connectivity index (χ3n) is 6.90. The smallest absolute Gasteiger partial charge is 0.261 e. The molecule has 3 aromatic carbocycles. The number of aromatic nitrogens is 1. The van der Waals surface area contributed by atoms with Crippen molar-refractivity contribution in [1.29, 1.82) is 0 Å². The number of aromatic amines is 1. The number of benzene rings is 3. The molecule has 1 heterocycles. The first-order valence-electron chi connectivity index (χ1n) is 13.1. The van der Waals surface area contributed by atoms with Gasteiger partial charge in [-0.05, 0) is 12.1 Å². The minimum Gasteiger partial charge on any atom is -0.493 e. The van der Waals surface area contributed by atoms with Crippen molar-refractivity contribution in [3.8, 4) is 63.0 Å². The summed E-state index contributed by atoms with van der Waals surface area (Å²) in [5.41, 5.74) is 0.247. The van der Waals surface area contributed by atoms with Crippen LogP contribution >= 0.6 is 0 Å². The number of anilines is 1. The van der Waals surface area contributed by atoms with Gasteiger partial charge in [-0.1, -0.05) is 0 Å². The van der Waals surface area contributed by atoms with Crippen LogP contribution < -0.4 is 53.4 Å². The van der Waals surface area contributed by atoms with Gasteiger partial charge in [0, 0.05) is 32.3 Å². The predicted octanol–water partition coefficient (Wildman–Crippen LogP) is 5.02. The van der Waals surface area contributed by atoms with Gasteiger partial charge in [-0.3, -0.25) is 9.59 Å². The highest BCUT2D eigenvalue weighted by Gasteiger charge is 2.28. The van der Waals surface area contributed by atoms with E-state index < -0.39 is 11.3 Å². The number of rotatable bonds is 12. The van der Waals surface area contributed by atoms with E-state index in [9.17, 15) is 9.59 Å². The Bertz CT molecular complexity index is 1730. The lowest BCUT2D eigenvalue weighted by molar-refractivity contribution is 0.102. The van der Waals surface area contributed by atoms with Gasteiger partial charge in [0.25, 0.3) is 5.91 Å². The van der Waals surface area contributed by atoms with Crippen LogP contribution in [0.4, 0.5) is 5.69 Å². The quantitative estimate of drug-likeness (QED) is 0.222. The maximum atomic E-state index is 14.4. The average molecular weight is 615 g/mol. The van der Waals surface area contributed by atoms with Crippen LogP contribution in [0, 0.1) is 0 Å². The normalized spacial score (nSPS) is 10.6. The van der Waals surface area contributed by atoms with Crippen molar-refractivity contribution in [2.24, 2.45) is 0 Å². The van der Waals surface area contributed by atoms with Gasteiger partial charge >= 0.3 is 0 Å². The molecule has 13 heteroatoms. The van der Waals surface area contributed by atoms with E-state index in [2.05, 4.69) is 10.3 Å². The van der Waals surface area contributed by atoms with Gasteiger partial charge in [0.2, 0.25) is 22.7 Å². The number of hydrogen-bond donors (Lipinski definition) is 2. The second kappa shape index (κ2) is 13.2. The van der Waals surface area contributed by atoms with Crippen LogP contribution in [0.2, 0.25) is 0 Å². The standard InChI is InChI=1S/C31H34N2O11.2H2/c1-36-18-10-15(11-19(37-2)27(18)41-6)25-24(31(35)32-16-12-20(38-3)28(42-7)21(13-16)39-4)26(34)23-17(33-25)14-22(40-5)29(43-8)30(23)44-9;;/h10-14H,1-9H3,(H,32,35)(H,33,34);2*1H. The molecule has 238 valence electrons. The minimum absolute atomic E-state index is 0. The van der Waals surface area contributed by atoms with E-state index in [1.807, 2.05) is 0 Å². The fourth-order valence-corrected chi connectivity index (χ4v) is 4.92. The number of carbonyl (C=O) groups is 1. The molecular weight excluding hydrogens is 576 g/mol. The number of ether oxygens (including phenoxy) is 9. The third-order valence-corrected chi connectivity index (χ3v) is 6.90. The first-order valence-corrected chi connectivity index (χ1v) is 13.1. The van der Waals surface area contributed by atoms with E-state index in [-0.39, 0.29) is 36.7 Å². The molecule has 0 aliphatic heterocycles. The van der Waals surface area contributed by atoms with E-state index in [0.29, 0.717) is 51.3 Å². The van der Waals surface area contributed by atoms with Gasteiger partial charge in [-0.15, -0.1) is 0 Å². The van der Waals surface area contributed by atoms with E-state index in [1.165, 1.54) is 64.0 Å². The third kappa shape index (κ3) is 5.39. The molecule has 44 heavy (non-hydrogen) atoms. The summed E-state index contributed by atoms with van der Waals surface area (Å²) in [6.07, 6.45) is 0. The Hall–Kier alpha value is -5.46. The molecule has 0 aliphatic rings. The number of fused-ring (bicyclic) bond motifs is 1. The van der Waals surface area contributed by atoms with Gasteiger partial charge in [-0.25, -0.2) is 0 Å². The lowest BCUT2D eigenvalue weighted by Gasteiger charge is -2.19. The van der Waals surface area contributed by atoms with Crippen LogP contribution in [-0.2, 0) is 0 Å². The molecule has 4 aromatic rings. The first kappa shape index (κ1) is 31.5. The highest BCUT2D eigenvalue weighted by Crippen LogP contribution is 2.45. The molecule has 4 rings (SSSR count). The maximum absolute atomic E-state index is 14.4. The van der Waals surface area contributed by atoms with Crippen molar-refractivity contribution in [3.05, 3.63) is 46.1 Å². The zero-order chi connectivity index (χ0) is 32.1. The highest BCUT2D eigenvalue weighted by molar-refractivity contribution is 6.11. The van der Waals surface area contributed by atoms with Crippen molar-refractivity contribution in [2.75, 3.05) is 69.3 Å². The van der Waals surface area contributed by atoms with E-state index in [0.717, 1.165) is 0 Å². The molecule has 0 aliphatic carbocycles. The molecule has 0 saturated heterocycles. The summed E-state index contributed by atoms with van der Waals surface area (Å²) in [4.78, 5) is 31.7. The van der Waals surface area contributed by atoms with Gasteiger partial charge in [0.05, 0.1) is 80.6 Å². The highest BCUT2D eigenvalue weighted by atomic mass is 16.5. The van der Waals surface area contributed by atoms with Crippen LogP contribution in [0.1, 0.15) is 13.2 Å². The molecule has 1 amide bonds. The van der Waals surface area contributed by atoms with Crippen LogP contribution in [0.15, 0.2) is 35.1 Å². The van der Waals surface area contributed by atoms with Crippen molar-refractivity contribution in [3.63, 3.8) is 0 Å². The van der Waals surface area contributed by atoms with Crippen LogP contribution in [0.3, 0.4) is 0 Å². The Morgan fingerprint density at radius 3 is 1.45 bits per heavy atom. The molecule has 0 bridgehead atoms. The van der Waals surface area contributed by atoms with Crippen molar-refractivity contribution < 1.29 is 50.3 Å². The number of pyridine rings is 1. The van der Waals surface area contributed by atoms with Crippen LogP contribution in [-0.4, -0.2) is 74.9 Å². The second-order valence-corrected chi connectivity index (χ2v) is 9.05. The Balaban J connectivity index is 0.00000368. The Labute approximate surface area is 256 Å². The second-order valence-electron chi connectivity index (χ2n) is 9.05. The molecule has 0 unspecified atom stereocenters. The van der Waals surface area contributed by atoms with Crippen molar-refractivity contribution >= 4 is 22.5 Å². The van der Waals surface area contributed by atoms with Gasteiger partial charge in [-0.2, -0.15) is 0 Å². The fourth-order valence-electron chi connectivity index (χ4n) is 4.92. The van der Waals surface area contributed by atoms with E-state index in [4.69, 9.17) is 42.6 Å². The van der Waals surface area contributed by atoms with Gasteiger partial charge in [0.15, 0.2) is 34.5 Å². The molecular formula is C31H38N2O11. The molecule has 0 atom stereocenters. The van der Waals surface area contributed by atoms with Crippen LogP contribution in [0.25, 0.3) is 22.2 Å². The molecule has 1 aromatic heterocycles. The molecule has 13 nitrogen and oxygen atoms in total. The van der Waals surface area contributed by atoms with Crippen LogP contribution in [0.5, 0.6) is 51.7 Å². The van der Waals surface area contributed by atoms with Gasteiger partial charge in [0.1, 0.15) is 5.56 Å². The lowest BCUT2D eigenvalue weighted by atomic mass is 10.00. The Morgan fingerprint density at radius 1 is 0.591 bits per heavy atom. The summed E-state index contributed by atoms with van der Waals surface area (Å²) in [6, 6.07) is 7.91. The zero-order valence-electron chi connectivity index (χ0n) is 25.9. The summed E-state index contributed by atoms with van der Waals surface area (Å²) in [6.45, 7) is 0. The fraction of sp³-hybridized carbons (Fsp3) is 0.290. The first-order chi connectivity index (χ1) is 21.2. The van der Waals surface area contributed by atoms with Gasteiger partial charge < -0.3 is 52.9 Å². The summed E-state index contributed by atoms with van der Waals surface area (Å²) in [5.74, 6) is 1.72. The number of hydrogen-bond acceptors (Lipinski definition) is 11. The molecule has 0 radical (unpaired) electrons. The molecule has 0 fully saturated rings. The Kier molecular flexibility index (Phi) is 9.47. The number of amides is 1. The predicted molar refractivity (Wildman–Crippen MR) is 168 cm³/mol. The SMILES string of the molecule is COc1cc(NC(=O)c2c(-c3cc(OC)c(OC)c(OC)c3)[nH]c3cc(OC)c(OC)c(OC)c3c2=O)cc(OC)c1OC.[HH].[HH]. The number of carbonyl (C=O) groups excluding carboxylic acids is 1. The van der Waals surface area contributed by atoms with Crippen molar-refractivity contribution in [2.45, 2.75) is 0 Å². The summed E-state index contributed by atoms with van der Waals surface area (Å²) < 4.78 is 49.4. The topological polar surface area (TPSA) is 145 Å². The van der Waals surface area contributed by atoms with E-state index >= 15 is 0 Å². The molecule has 2 N–H and O–H groups in total. The maximum Gasteiger partial charge on any atom is 0.261 e. The summed E-state index contributed by atoms with van der Waals surface area (Å²) in [5, 5.41) is 2.85. The zero-order valence-corrected chi connectivity index (χ0v) is 25.9. The number of methoxy groups -OCH3 is 9. The number of nitrogens with one attached hydrogen (secondary N) is 2. The summed E-state index contributed by atoms with van der Waals surface area (Å²) >= 11 is 0. The monoisotopic (exact) mass is 614 g/mol. The average Bonchev–Trinajstić information content (AvgIpc) is 3.05. The largest absolute Gasteiger partial charge is 0.493 e. The van der Waals surface area contributed by atoms with Crippen molar-refractivity contribution in [1.82, 2.24) is 4.98 Å². The number of H-pyrrole nitrogens is 1. The molecule has 0 spiro atoms. The minimum atomic E-state index is -0.747. The summed E-state index contributed by atoms with van der Waals surface area (Å²) in [7, 11) is 13.0. The molecule has 0 saturated carbocycles. The lowest BCUT2D eigenvalue weighted by Crippen LogP contribution is -2.24. The van der Waals surface area contributed by atoms with E-state index in [1.54, 1.807) is 30.3 Å². The Morgan fingerprint density at radius 2 is 1.02 bits per heavy atom.